The third-order valence-corrected chi connectivity index (χ3v) is 4.82. The van der Waals surface area contributed by atoms with E-state index in [1.54, 1.807) is 4.90 Å². The molecule has 1 aliphatic carbocycles. The molecule has 0 bridgehead atoms. The first kappa shape index (κ1) is 18.5. The molecule has 8 nitrogen and oxygen atoms in total. The van der Waals surface area contributed by atoms with E-state index in [2.05, 4.69) is 0 Å². The van der Waals surface area contributed by atoms with Gasteiger partial charge < -0.3 is 4.90 Å². The summed E-state index contributed by atoms with van der Waals surface area (Å²) in [7, 11) is 0. The largest absolute Gasteiger partial charge is 0.331 e. The molecule has 0 saturated heterocycles. The highest BCUT2D eigenvalue weighted by molar-refractivity contribution is 5.95. The molecule has 0 spiro atoms. The van der Waals surface area contributed by atoms with Crippen molar-refractivity contribution in [2.45, 2.75) is 32.4 Å². The van der Waals surface area contributed by atoms with Crippen LogP contribution in [0.25, 0.3) is 0 Å². The summed E-state index contributed by atoms with van der Waals surface area (Å²) >= 11 is 0. The van der Waals surface area contributed by atoms with Crippen molar-refractivity contribution < 1.29 is 14.6 Å². The number of benzene rings is 2. The topological polar surface area (TPSA) is 107 Å². The van der Waals surface area contributed by atoms with Crippen LogP contribution >= 0.6 is 0 Å². The van der Waals surface area contributed by atoms with E-state index in [1.807, 2.05) is 37.3 Å². The molecule has 2 aromatic rings. The number of nitrogens with zero attached hydrogens (tertiary/aromatic N) is 3. The van der Waals surface area contributed by atoms with Crippen LogP contribution in [0.1, 0.15) is 35.7 Å². The van der Waals surface area contributed by atoms with Crippen molar-refractivity contribution in [1.29, 1.82) is 0 Å². The SMILES string of the molecule is CC(C1CC1)N(Cc1ccccc1)C(=O)c1cc([N+](=O)[O-])cc([N+](=O)[O-])c1. The Kier molecular flexibility index (Phi) is 5.16. The number of non-ortho nitro benzene ring substituents is 2. The molecule has 0 heterocycles. The Labute approximate surface area is 155 Å². The quantitative estimate of drug-likeness (QED) is 0.543. The minimum atomic E-state index is -0.727. The highest BCUT2D eigenvalue weighted by atomic mass is 16.6. The zero-order valence-electron chi connectivity index (χ0n) is 14.8. The summed E-state index contributed by atoms with van der Waals surface area (Å²) in [6.45, 7) is 2.29. The molecule has 8 heteroatoms. The Balaban J connectivity index is 1.97. The number of nitro groups is 2. The van der Waals surface area contributed by atoms with Crippen LogP contribution in [-0.4, -0.2) is 26.7 Å². The van der Waals surface area contributed by atoms with Crippen molar-refractivity contribution >= 4 is 17.3 Å². The Hall–Kier alpha value is -3.29. The Morgan fingerprint density at radius 1 is 1.07 bits per heavy atom. The van der Waals surface area contributed by atoms with E-state index in [1.165, 1.54) is 0 Å². The maximum absolute atomic E-state index is 13.2. The molecule has 3 rings (SSSR count). The van der Waals surface area contributed by atoms with E-state index in [-0.39, 0.29) is 11.6 Å². The highest BCUT2D eigenvalue weighted by Gasteiger charge is 2.35. The third kappa shape index (κ3) is 4.28. The monoisotopic (exact) mass is 369 g/mol. The predicted octanol–water partition coefficient (Wildman–Crippen LogP) is 3.94. The summed E-state index contributed by atoms with van der Waals surface area (Å²) in [4.78, 5) is 35.6. The van der Waals surface area contributed by atoms with Crippen molar-refractivity contribution in [3.05, 3.63) is 79.9 Å². The van der Waals surface area contributed by atoms with Gasteiger partial charge in [-0.15, -0.1) is 0 Å². The van der Waals surface area contributed by atoms with Crippen LogP contribution in [0.15, 0.2) is 48.5 Å². The number of amides is 1. The van der Waals surface area contributed by atoms with Gasteiger partial charge in [0.05, 0.1) is 21.5 Å². The normalized spacial score (nSPS) is 14.4. The lowest BCUT2D eigenvalue weighted by Gasteiger charge is -2.29. The van der Waals surface area contributed by atoms with Crippen LogP contribution in [0.3, 0.4) is 0 Å². The van der Waals surface area contributed by atoms with E-state index < -0.39 is 27.1 Å². The van der Waals surface area contributed by atoms with Gasteiger partial charge in [-0.05, 0) is 31.2 Å². The lowest BCUT2D eigenvalue weighted by molar-refractivity contribution is -0.394. The van der Waals surface area contributed by atoms with Gasteiger partial charge in [-0.2, -0.15) is 0 Å². The van der Waals surface area contributed by atoms with Crippen LogP contribution in [0, 0.1) is 26.1 Å². The smallest absolute Gasteiger partial charge is 0.277 e. The Bertz CT molecular complexity index is 848. The van der Waals surface area contributed by atoms with Gasteiger partial charge in [0.15, 0.2) is 0 Å². The molecule has 1 saturated carbocycles. The molecular weight excluding hydrogens is 350 g/mol. The molecule has 1 unspecified atom stereocenters. The third-order valence-electron chi connectivity index (χ3n) is 4.82. The molecule has 140 valence electrons. The van der Waals surface area contributed by atoms with Crippen molar-refractivity contribution in [1.82, 2.24) is 4.90 Å². The zero-order valence-corrected chi connectivity index (χ0v) is 14.8. The number of carbonyl (C=O) groups is 1. The van der Waals surface area contributed by atoms with Gasteiger partial charge in [-0.3, -0.25) is 25.0 Å². The van der Waals surface area contributed by atoms with Crippen molar-refractivity contribution in [3.8, 4) is 0 Å². The van der Waals surface area contributed by atoms with Gasteiger partial charge in [-0.25, -0.2) is 0 Å². The van der Waals surface area contributed by atoms with Gasteiger partial charge in [0.25, 0.3) is 17.3 Å². The fourth-order valence-corrected chi connectivity index (χ4v) is 3.11. The molecule has 0 N–H and O–H groups in total. The molecule has 1 aliphatic rings. The number of carbonyl (C=O) groups excluding carboxylic acids is 1. The molecule has 1 amide bonds. The molecule has 2 aromatic carbocycles. The van der Waals surface area contributed by atoms with Crippen molar-refractivity contribution in [3.63, 3.8) is 0 Å². The van der Waals surface area contributed by atoms with Crippen LogP contribution in [0.4, 0.5) is 11.4 Å². The maximum Gasteiger partial charge on any atom is 0.277 e. The maximum atomic E-state index is 13.2. The lowest BCUT2D eigenvalue weighted by atomic mass is 10.1. The fraction of sp³-hybridized carbons (Fsp3) is 0.316. The molecule has 0 radical (unpaired) electrons. The summed E-state index contributed by atoms with van der Waals surface area (Å²) in [5.41, 5.74) is -0.0461. The molecule has 27 heavy (non-hydrogen) atoms. The Morgan fingerprint density at radius 2 is 1.63 bits per heavy atom. The standard InChI is InChI=1S/C19H19N3O5/c1-13(15-7-8-15)20(12-14-5-3-2-4-6-14)19(23)16-9-17(21(24)25)11-18(10-16)22(26)27/h2-6,9-11,13,15H,7-8,12H2,1H3. The summed E-state index contributed by atoms with van der Waals surface area (Å²) in [6.07, 6.45) is 2.05. The minimum absolute atomic E-state index is 0.0423. The molecule has 0 aliphatic heterocycles. The first-order valence-electron chi connectivity index (χ1n) is 8.65. The summed E-state index contributed by atoms with van der Waals surface area (Å²) in [6, 6.07) is 12.4. The molecule has 1 atom stereocenters. The number of hydrogen-bond acceptors (Lipinski definition) is 5. The van der Waals surface area contributed by atoms with Crippen molar-refractivity contribution in [2.24, 2.45) is 5.92 Å². The van der Waals surface area contributed by atoms with Gasteiger partial charge in [0.1, 0.15) is 0 Å². The van der Waals surface area contributed by atoms with Gasteiger partial charge in [0, 0.05) is 24.7 Å². The molecular formula is C19H19N3O5. The van der Waals surface area contributed by atoms with Crippen LogP contribution in [0.5, 0.6) is 0 Å². The van der Waals surface area contributed by atoms with Gasteiger partial charge in [-0.1, -0.05) is 30.3 Å². The van der Waals surface area contributed by atoms with E-state index >= 15 is 0 Å². The summed E-state index contributed by atoms with van der Waals surface area (Å²) in [5, 5.41) is 22.2. The van der Waals surface area contributed by atoms with Crippen molar-refractivity contribution in [2.75, 3.05) is 0 Å². The van der Waals surface area contributed by atoms with E-state index in [4.69, 9.17) is 0 Å². The van der Waals surface area contributed by atoms with Crippen LogP contribution in [-0.2, 0) is 6.54 Å². The minimum Gasteiger partial charge on any atom is -0.331 e. The summed E-state index contributed by atoms with van der Waals surface area (Å²) < 4.78 is 0. The lowest BCUT2D eigenvalue weighted by Crippen LogP contribution is -2.39. The van der Waals surface area contributed by atoms with E-state index in [9.17, 15) is 25.0 Å². The fourth-order valence-electron chi connectivity index (χ4n) is 3.11. The first-order chi connectivity index (χ1) is 12.9. The predicted molar refractivity (Wildman–Crippen MR) is 98.3 cm³/mol. The second-order valence-electron chi connectivity index (χ2n) is 6.75. The van der Waals surface area contributed by atoms with Crippen LogP contribution < -0.4 is 0 Å². The molecule has 0 aromatic heterocycles. The average molecular weight is 369 g/mol. The average Bonchev–Trinajstić information content (AvgIpc) is 3.50. The first-order valence-corrected chi connectivity index (χ1v) is 8.65. The van der Waals surface area contributed by atoms with E-state index in [0.29, 0.717) is 12.5 Å². The van der Waals surface area contributed by atoms with Gasteiger partial charge in [0.2, 0.25) is 0 Å². The zero-order chi connectivity index (χ0) is 19.6. The second kappa shape index (κ2) is 7.53. The number of rotatable bonds is 7. The number of hydrogen-bond donors (Lipinski definition) is 0. The van der Waals surface area contributed by atoms with Crippen LogP contribution in [0.2, 0.25) is 0 Å². The molecule has 1 fully saturated rings. The highest BCUT2D eigenvalue weighted by Crippen LogP contribution is 2.36. The number of nitro benzene ring substituents is 2. The van der Waals surface area contributed by atoms with E-state index in [0.717, 1.165) is 36.6 Å². The summed E-state index contributed by atoms with van der Waals surface area (Å²) in [5.74, 6) is -0.0589. The second-order valence-corrected chi connectivity index (χ2v) is 6.75. The Morgan fingerprint density at radius 3 is 2.11 bits per heavy atom. The van der Waals surface area contributed by atoms with Gasteiger partial charge >= 0.3 is 0 Å².